The van der Waals surface area contributed by atoms with Gasteiger partial charge in [0.15, 0.2) is 0 Å². The van der Waals surface area contributed by atoms with Crippen molar-refractivity contribution in [2.75, 3.05) is 0 Å². The Bertz CT molecular complexity index is 876. The maximum atomic E-state index is 13.5. The highest BCUT2D eigenvalue weighted by atomic mass is 19.3. The molecule has 0 atom stereocenters. The molecule has 1 fully saturated rings. The highest BCUT2D eigenvalue weighted by Crippen LogP contribution is 2.35. The Kier molecular flexibility index (Phi) is 5.15. The van der Waals surface area contributed by atoms with E-state index in [9.17, 15) is 22.8 Å². The molecule has 0 unspecified atom stereocenters. The summed E-state index contributed by atoms with van der Waals surface area (Å²) < 4.78 is 42.9. The minimum Gasteiger partial charge on any atom is -0.417 e. The predicted octanol–water partition coefficient (Wildman–Crippen LogP) is 1.91. The first-order chi connectivity index (χ1) is 12.7. The number of aromatic nitrogens is 3. The van der Waals surface area contributed by atoms with Gasteiger partial charge < -0.3 is 10.1 Å². The summed E-state index contributed by atoms with van der Waals surface area (Å²) >= 11 is 0. The Morgan fingerprint density at radius 1 is 1.37 bits per heavy atom. The molecular formula is C17H17F3N4O3. The molecule has 27 heavy (non-hydrogen) atoms. The molecular weight excluding hydrogens is 365 g/mol. The van der Waals surface area contributed by atoms with Gasteiger partial charge in [-0.3, -0.25) is 9.59 Å². The van der Waals surface area contributed by atoms with Crippen molar-refractivity contribution >= 4 is 5.91 Å². The van der Waals surface area contributed by atoms with Crippen LogP contribution < -0.4 is 15.6 Å². The van der Waals surface area contributed by atoms with Crippen molar-refractivity contribution in [2.45, 2.75) is 44.6 Å². The van der Waals surface area contributed by atoms with Crippen molar-refractivity contribution in [3.63, 3.8) is 0 Å². The third-order valence-corrected chi connectivity index (χ3v) is 4.11. The van der Waals surface area contributed by atoms with E-state index in [-0.39, 0.29) is 31.3 Å². The van der Waals surface area contributed by atoms with Crippen LogP contribution in [0.2, 0.25) is 0 Å². The van der Waals surface area contributed by atoms with Crippen LogP contribution >= 0.6 is 0 Å². The van der Waals surface area contributed by atoms with Crippen LogP contribution in [0.15, 0.2) is 35.3 Å². The van der Waals surface area contributed by atoms with Crippen molar-refractivity contribution in [2.24, 2.45) is 0 Å². The van der Waals surface area contributed by atoms with Crippen LogP contribution in [0.4, 0.5) is 13.2 Å². The van der Waals surface area contributed by atoms with Gasteiger partial charge in [0.2, 0.25) is 11.8 Å². The summed E-state index contributed by atoms with van der Waals surface area (Å²) in [5.41, 5.74) is -0.958. The molecule has 2 heterocycles. The highest BCUT2D eigenvalue weighted by Gasteiger charge is 2.41. The first kappa shape index (κ1) is 18.9. The zero-order chi connectivity index (χ0) is 19.6. The fourth-order valence-electron chi connectivity index (χ4n) is 2.89. The van der Waals surface area contributed by atoms with E-state index >= 15 is 0 Å². The van der Waals surface area contributed by atoms with E-state index in [0.717, 1.165) is 4.68 Å². The molecule has 0 bridgehead atoms. The van der Waals surface area contributed by atoms with E-state index in [1.165, 1.54) is 37.4 Å². The quantitative estimate of drug-likeness (QED) is 0.825. The third-order valence-electron chi connectivity index (χ3n) is 4.11. The number of hydrogen-bond donors (Lipinski definition) is 1. The normalized spacial score (nSPS) is 21.6. The second-order valence-electron chi connectivity index (χ2n) is 6.56. The van der Waals surface area contributed by atoms with Gasteiger partial charge in [0.05, 0.1) is 5.69 Å². The Balaban J connectivity index is 1.69. The fraction of sp³-hybridized carbons (Fsp3) is 0.412. The fourth-order valence-corrected chi connectivity index (χ4v) is 2.89. The SMILES string of the molecule is CC1(F)CC(NC(=O)Cn2nc(-c3ccc(OC(F)F)nc3)ccc2=O)C1. The molecule has 0 radical (unpaired) electrons. The Morgan fingerprint density at radius 3 is 2.70 bits per heavy atom. The highest BCUT2D eigenvalue weighted by molar-refractivity contribution is 5.76. The van der Waals surface area contributed by atoms with E-state index in [1.807, 2.05) is 0 Å². The molecule has 0 saturated heterocycles. The lowest BCUT2D eigenvalue weighted by Gasteiger charge is -2.38. The maximum absolute atomic E-state index is 13.5. The van der Waals surface area contributed by atoms with Gasteiger partial charge in [-0.25, -0.2) is 14.1 Å². The molecule has 1 aliphatic carbocycles. The summed E-state index contributed by atoms with van der Waals surface area (Å²) in [5.74, 6) is -0.692. The summed E-state index contributed by atoms with van der Waals surface area (Å²) in [5, 5.41) is 6.75. The number of carbonyl (C=O) groups excluding carboxylic acids is 1. The predicted molar refractivity (Wildman–Crippen MR) is 89.0 cm³/mol. The summed E-state index contributed by atoms with van der Waals surface area (Å²) in [6, 6.07) is 5.12. The van der Waals surface area contributed by atoms with Crippen LogP contribution in [0.25, 0.3) is 11.3 Å². The van der Waals surface area contributed by atoms with Crippen LogP contribution in [0.3, 0.4) is 0 Å². The number of nitrogens with zero attached hydrogens (tertiary/aromatic N) is 3. The lowest BCUT2D eigenvalue weighted by atomic mass is 9.79. The first-order valence-corrected chi connectivity index (χ1v) is 8.19. The summed E-state index contributed by atoms with van der Waals surface area (Å²) in [4.78, 5) is 27.7. The monoisotopic (exact) mass is 382 g/mol. The number of alkyl halides is 3. The topological polar surface area (TPSA) is 86.1 Å². The van der Waals surface area contributed by atoms with E-state index < -0.39 is 23.7 Å². The molecule has 3 rings (SSSR count). The lowest BCUT2D eigenvalue weighted by molar-refractivity contribution is -0.124. The number of nitrogens with one attached hydrogen (secondary N) is 1. The number of ether oxygens (including phenoxy) is 1. The maximum Gasteiger partial charge on any atom is 0.388 e. The van der Waals surface area contributed by atoms with Crippen LogP contribution in [0, 0.1) is 0 Å². The number of hydrogen-bond acceptors (Lipinski definition) is 5. The Hall–Kier alpha value is -2.91. The van der Waals surface area contributed by atoms with Crippen LogP contribution in [0.5, 0.6) is 5.88 Å². The van der Waals surface area contributed by atoms with Gasteiger partial charge in [0.1, 0.15) is 12.2 Å². The number of pyridine rings is 1. The molecule has 1 saturated carbocycles. The van der Waals surface area contributed by atoms with Gasteiger partial charge in [0, 0.05) is 42.8 Å². The second-order valence-corrected chi connectivity index (χ2v) is 6.56. The van der Waals surface area contributed by atoms with Crippen molar-refractivity contribution in [3.05, 3.63) is 40.8 Å². The molecule has 10 heteroatoms. The molecule has 1 amide bonds. The van der Waals surface area contributed by atoms with E-state index in [0.29, 0.717) is 11.3 Å². The van der Waals surface area contributed by atoms with Crippen molar-refractivity contribution < 1.29 is 22.7 Å². The van der Waals surface area contributed by atoms with Crippen molar-refractivity contribution in [1.82, 2.24) is 20.1 Å². The number of carbonyl (C=O) groups is 1. The molecule has 1 N–H and O–H groups in total. The number of amides is 1. The largest absolute Gasteiger partial charge is 0.417 e. The molecule has 7 nitrogen and oxygen atoms in total. The molecule has 0 aliphatic heterocycles. The summed E-state index contributed by atoms with van der Waals surface area (Å²) in [7, 11) is 0. The number of rotatable bonds is 6. The second kappa shape index (κ2) is 7.37. The average molecular weight is 382 g/mol. The molecule has 0 aromatic carbocycles. The minimum absolute atomic E-state index is 0.236. The lowest BCUT2D eigenvalue weighted by Crippen LogP contribution is -2.52. The zero-order valence-corrected chi connectivity index (χ0v) is 14.4. The standard InChI is InChI=1S/C17H17F3N4O3/c1-17(20)6-11(7-17)22-13(25)9-24-15(26)5-3-12(23-24)10-2-4-14(21-8-10)27-16(18)19/h2-5,8,11,16H,6-7,9H2,1H3,(H,22,25). The van der Waals surface area contributed by atoms with Crippen LogP contribution in [-0.2, 0) is 11.3 Å². The van der Waals surface area contributed by atoms with Crippen molar-refractivity contribution in [3.8, 4) is 17.1 Å². The molecule has 144 valence electrons. The zero-order valence-electron chi connectivity index (χ0n) is 14.4. The van der Waals surface area contributed by atoms with E-state index in [2.05, 4.69) is 20.1 Å². The molecule has 2 aromatic rings. The summed E-state index contributed by atoms with van der Waals surface area (Å²) in [6.07, 6.45) is 1.74. The van der Waals surface area contributed by atoms with E-state index in [4.69, 9.17) is 0 Å². The molecule has 0 spiro atoms. The van der Waals surface area contributed by atoms with Crippen LogP contribution in [-0.4, -0.2) is 39.0 Å². The van der Waals surface area contributed by atoms with E-state index in [1.54, 1.807) is 0 Å². The van der Waals surface area contributed by atoms with Gasteiger partial charge >= 0.3 is 6.61 Å². The number of halogens is 3. The minimum atomic E-state index is -2.98. The van der Waals surface area contributed by atoms with Crippen LogP contribution in [0.1, 0.15) is 19.8 Å². The van der Waals surface area contributed by atoms with Gasteiger partial charge in [-0.1, -0.05) is 0 Å². The van der Waals surface area contributed by atoms with Gasteiger partial charge in [0.25, 0.3) is 5.56 Å². The molecule has 2 aromatic heterocycles. The van der Waals surface area contributed by atoms with Gasteiger partial charge in [-0.05, 0) is 19.1 Å². The Morgan fingerprint density at radius 2 is 2.11 bits per heavy atom. The molecule has 1 aliphatic rings. The van der Waals surface area contributed by atoms with Gasteiger partial charge in [-0.2, -0.15) is 13.9 Å². The third kappa shape index (κ3) is 4.83. The summed E-state index contributed by atoms with van der Waals surface area (Å²) in [6.45, 7) is -1.82. The average Bonchev–Trinajstić information content (AvgIpc) is 2.55. The Labute approximate surface area is 152 Å². The smallest absolute Gasteiger partial charge is 0.388 e. The van der Waals surface area contributed by atoms with Crippen molar-refractivity contribution in [1.29, 1.82) is 0 Å². The van der Waals surface area contributed by atoms with Gasteiger partial charge in [-0.15, -0.1) is 0 Å². The first-order valence-electron chi connectivity index (χ1n) is 8.19.